The predicted octanol–water partition coefficient (Wildman–Crippen LogP) is 0.431. The molecule has 0 bridgehead atoms. The van der Waals surface area contributed by atoms with Crippen LogP contribution in [0.25, 0.3) is 0 Å². The van der Waals surface area contributed by atoms with Crippen molar-refractivity contribution in [3.8, 4) is 0 Å². The standard InChI is InChI=1S/C7H13N3O6/c1-5(15-7(13)14-3)16-9-8-10(2)4-6(11)12/h5H,4H2,1-3H3,(H,11,12)/b9-8-. The molecule has 0 radical (unpaired) electrons. The molecule has 0 saturated heterocycles. The zero-order valence-corrected chi connectivity index (χ0v) is 9.11. The van der Waals surface area contributed by atoms with Crippen LogP contribution in [0.15, 0.2) is 10.5 Å². The molecular formula is C7H13N3O6. The highest BCUT2D eigenvalue weighted by atomic mass is 16.8. The van der Waals surface area contributed by atoms with Crippen LogP contribution in [0.5, 0.6) is 0 Å². The van der Waals surface area contributed by atoms with Crippen molar-refractivity contribution >= 4 is 12.1 Å². The van der Waals surface area contributed by atoms with Crippen molar-refractivity contribution in [2.75, 3.05) is 20.7 Å². The monoisotopic (exact) mass is 235 g/mol. The van der Waals surface area contributed by atoms with E-state index in [4.69, 9.17) is 5.11 Å². The van der Waals surface area contributed by atoms with Gasteiger partial charge in [0.2, 0.25) is 0 Å². The van der Waals surface area contributed by atoms with E-state index < -0.39 is 18.4 Å². The highest BCUT2D eigenvalue weighted by Crippen LogP contribution is 1.97. The minimum atomic E-state index is -1.06. The Morgan fingerprint density at radius 1 is 1.50 bits per heavy atom. The first-order chi connectivity index (χ1) is 7.45. The summed E-state index contributed by atoms with van der Waals surface area (Å²) in [6, 6.07) is 0. The van der Waals surface area contributed by atoms with Crippen molar-refractivity contribution in [1.29, 1.82) is 0 Å². The summed E-state index contributed by atoms with van der Waals surface area (Å²) in [4.78, 5) is 25.4. The van der Waals surface area contributed by atoms with E-state index in [1.54, 1.807) is 0 Å². The molecule has 1 atom stereocenters. The maximum Gasteiger partial charge on any atom is 0.511 e. The van der Waals surface area contributed by atoms with Gasteiger partial charge in [0.25, 0.3) is 6.29 Å². The van der Waals surface area contributed by atoms with Gasteiger partial charge in [-0.1, -0.05) is 0 Å². The molecule has 0 aromatic carbocycles. The topological polar surface area (TPSA) is 110 Å². The third-order valence-corrected chi connectivity index (χ3v) is 1.18. The predicted molar refractivity (Wildman–Crippen MR) is 49.2 cm³/mol. The van der Waals surface area contributed by atoms with Crippen molar-refractivity contribution in [3.63, 3.8) is 0 Å². The number of carbonyl (C=O) groups is 2. The third-order valence-electron chi connectivity index (χ3n) is 1.18. The van der Waals surface area contributed by atoms with Crippen LogP contribution in [0.4, 0.5) is 4.79 Å². The molecule has 0 aromatic rings. The van der Waals surface area contributed by atoms with Gasteiger partial charge in [0.1, 0.15) is 6.54 Å². The average molecular weight is 235 g/mol. The number of nitrogens with zero attached hydrogens (tertiary/aromatic N) is 3. The average Bonchev–Trinajstić information content (AvgIpc) is 2.16. The lowest BCUT2D eigenvalue weighted by Gasteiger charge is -2.10. The molecule has 0 fully saturated rings. The first kappa shape index (κ1) is 13.9. The van der Waals surface area contributed by atoms with E-state index in [1.807, 2.05) is 0 Å². The molecule has 92 valence electrons. The van der Waals surface area contributed by atoms with Crippen LogP contribution in [-0.2, 0) is 19.1 Å². The molecule has 1 N–H and O–H groups in total. The number of likely N-dealkylation sites (N-methyl/N-ethyl adjacent to an activating group) is 1. The Labute approximate surface area is 91.5 Å². The molecule has 0 aliphatic rings. The van der Waals surface area contributed by atoms with Crippen LogP contribution in [-0.4, -0.2) is 49.2 Å². The van der Waals surface area contributed by atoms with Crippen LogP contribution in [0, 0.1) is 0 Å². The molecule has 9 nitrogen and oxygen atoms in total. The van der Waals surface area contributed by atoms with Crippen molar-refractivity contribution in [1.82, 2.24) is 5.01 Å². The Morgan fingerprint density at radius 3 is 2.62 bits per heavy atom. The smallest absolute Gasteiger partial charge is 0.480 e. The van der Waals surface area contributed by atoms with E-state index in [1.165, 1.54) is 14.0 Å². The Hall–Kier alpha value is -2.06. The SMILES string of the molecule is COC(=O)OC(C)O/N=N\N(C)CC(=O)O. The maximum absolute atomic E-state index is 10.6. The van der Waals surface area contributed by atoms with E-state index in [0.717, 1.165) is 12.1 Å². The number of carboxylic acid groups (broad SMARTS) is 1. The van der Waals surface area contributed by atoms with Crippen LogP contribution < -0.4 is 0 Å². The van der Waals surface area contributed by atoms with Gasteiger partial charge in [-0.15, -0.1) is 0 Å². The summed E-state index contributed by atoms with van der Waals surface area (Å²) >= 11 is 0. The Bertz CT molecular complexity index is 269. The minimum absolute atomic E-state index is 0.320. The lowest BCUT2D eigenvalue weighted by molar-refractivity contribution is -0.138. The fraction of sp³-hybridized carbons (Fsp3) is 0.714. The van der Waals surface area contributed by atoms with Crippen LogP contribution in [0.1, 0.15) is 6.92 Å². The summed E-state index contributed by atoms with van der Waals surface area (Å²) in [6.45, 7) is 1.08. The van der Waals surface area contributed by atoms with Crippen molar-refractivity contribution in [2.24, 2.45) is 10.5 Å². The number of carbonyl (C=O) groups excluding carboxylic acids is 1. The maximum atomic E-state index is 10.6. The van der Waals surface area contributed by atoms with Crippen LogP contribution in [0.2, 0.25) is 0 Å². The van der Waals surface area contributed by atoms with Gasteiger partial charge in [0.05, 0.1) is 7.11 Å². The van der Waals surface area contributed by atoms with Gasteiger partial charge in [-0.2, -0.15) is 0 Å². The molecule has 0 spiro atoms. The molecule has 9 heteroatoms. The molecule has 0 saturated carbocycles. The van der Waals surface area contributed by atoms with Crippen LogP contribution >= 0.6 is 0 Å². The van der Waals surface area contributed by atoms with Gasteiger partial charge in [-0.25, -0.2) is 4.79 Å². The fourth-order valence-electron chi connectivity index (χ4n) is 0.582. The second-order valence-corrected chi connectivity index (χ2v) is 2.63. The first-order valence-electron chi connectivity index (χ1n) is 4.20. The number of ether oxygens (including phenoxy) is 2. The van der Waals surface area contributed by atoms with Gasteiger partial charge < -0.3 is 19.4 Å². The zero-order chi connectivity index (χ0) is 12.6. The normalized spacial score (nSPS) is 11.9. The summed E-state index contributed by atoms with van der Waals surface area (Å²) in [7, 11) is 2.55. The van der Waals surface area contributed by atoms with E-state index in [2.05, 4.69) is 24.8 Å². The van der Waals surface area contributed by atoms with Crippen molar-refractivity contribution < 1.29 is 29.0 Å². The second-order valence-electron chi connectivity index (χ2n) is 2.63. The Kier molecular flexibility index (Phi) is 6.33. The summed E-state index contributed by atoms with van der Waals surface area (Å²) in [5.74, 6) is -1.06. The fourth-order valence-corrected chi connectivity index (χ4v) is 0.582. The first-order valence-corrected chi connectivity index (χ1v) is 4.20. The lowest BCUT2D eigenvalue weighted by atomic mass is 10.7. The highest BCUT2D eigenvalue weighted by molar-refractivity contribution is 5.68. The van der Waals surface area contributed by atoms with E-state index >= 15 is 0 Å². The number of hydrogen-bond donors (Lipinski definition) is 1. The van der Waals surface area contributed by atoms with E-state index in [-0.39, 0.29) is 6.54 Å². The molecule has 0 aromatic heterocycles. The van der Waals surface area contributed by atoms with E-state index in [0.29, 0.717) is 0 Å². The van der Waals surface area contributed by atoms with Gasteiger partial charge in [0.15, 0.2) is 0 Å². The molecule has 0 aliphatic carbocycles. The molecule has 0 rings (SSSR count). The molecule has 16 heavy (non-hydrogen) atoms. The summed E-state index contributed by atoms with van der Waals surface area (Å²) in [6.07, 6.45) is -1.89. The third kappa shape index (κ3) is 7.35. The quantitative estimate of drug-likeness (QED) is 0.307. The summed E-state index contributed by atoms with van der Waals surface area (Å²) < 4.78 is 8.69. The molecule has 0 heterocycles. The number of aliphatic carboxylic acids is 1. The van der Waals surface area contributed by atoms with E-state index in [9.17, 15) is 9.59 Å². The number of methoxy groups -OCH3 is 1. The van der Waals surface area contributed by atoms with Crippen molar-refractivity contribution in [2.45, 2.75) is 13.2 Å². The Morgan fingerprint density at radius 2 is 2.12 bits per heavy atom. The summed E-state index contributed by atoms with van der Waals surface area (Å²) in [5, 5.41) is 15.9. The van der Waals surface area contributed by atoms with Gasteiger partial charge in [-0.05, 0) is 5.22 Å². The highest BCUT2D eigenvalue weighted by Gasteiger charge is 2.09. The molecule has 1 unspecified atom stereocenters. The zero-order valence-electron chi connectivity index (χ0n) is 9.11. The molecule has 0 amide bonds. The van der Waals surface area contributed by atoms with Gasteiger partial charge in [0, 0.05) is 19.2 Å². The van der Waals surface area contributed by atoms with Crippen LogP contribution in [0.3, 0.4) is 0 Å². The van der Waals surface area contributed by atoms with Crippen molar-refractivity contribution in [3.05, 3.63) is 0 Å². The second kappa shape index (κ2) is 7.26. The summed E-state index contributed by atoms with van der Waals surface area (Å²) in [5.41, 5.74) is 0. The lowest BCUT2D eigenvalue weighted by Crippen LogP contribution is -2.20. The largest absolute Gasteiger partial charge is 0.511 e. The minimum Gasteiger partial charge on any atom is -0.480 e. The van der Waals surface area contributed by atoms with Gasteiger partial charge >= 0.3 is 12.1 Å². The Balaban J connectivity index is 3.81. The molecule has 0 aliphatic heterocycles. The molecular weight excluding hydrogens is 222 g/mol. The van der Waals surface area contributed by atoms with Gasteiger partial charge in [-0.3, -0.25) is 9.80 Å². The number of rotatable bonds is 6. The number of carboxylic acids is 1. The number of hydrogen-bond acceptors (Lipinski definition) is 7.